The van der Waals surface area contributed by atoms with Gasteiger partial charge in [0, 0.05) is 25.3 Å². The summed E-state index contributed by atoms with van der Waals surface area (Å²) >= 11 is 0. The standard InChI is InChI=1S/C25H28N8O3/c26-12-17-2-1-9-33(15-17)25-29-20-13-27-31-23(34)21(20)22(30-25)28-19-5-3-16(4-6-19)14-32-10-7-18(8-11-32)24(35)36/h3-6,13,17-18H,1-2,7-11,14-15H2,(H,31,34)(H,35,36)(H,28,29,30). The monoisotopic (exact) mass is 488 g/mol. The van der Waals surface area contributed by atoms with E-state index in [1.54, 1.807) is 0 Å². The van der Waals surface area contributed by atoms with Gasteiger partial charge in [-0.25, -0.2) is 10.1 Å². The van der Waals surface area contributed by atoms with Crippen molar-refractivity contribution in [2.75, 3.05) is 36.4 Å². The number of aromatic nitrogens is 4. The Hall–Kier alpha value is -4.04. The van der Waals surface area contributed by atoms with Gasteiger partial charge in [-0.1, -0.05) is 12.1 Å². The van der Waals surface area contributed by atoms with Crippen LogP contribution in [0, 0.1) is 23.2 Å². The van der Waals surface area contributed by atoms with Crippen LogP contribution in [-0.4, -0.2) is 62.3 Å². The average Bonchev–Trinajstić information content (AvgIpc) is 2.90. The van der Waals surface area contributed by atoms with Crippen LogP contribution in [0.15, 0.2) is 35.3 Å². The number of aliphatic carboxylic acids is 1. The molecule has 0 radical (unpaired) electrons. The Morgan fingerprint density at radius 1 is 1.17 bits per heavy atom. The lowest BCUT2D eigenvalue weighted by molar-refractivity contribution is -0.143. The summed E-state index contributed by atoms with van der Waals surface area (Å²) in [6.07, 6.45) is 4.60. The third-order valence-electron chi connectivity index (χ3n) is 6.95. The van der Waals surface area contributed by atoms with Gasteiger partial charge in [0.25, 0.3) is 5.56 Å². The fourth-order valence-electron chi connectivity index (χ4n) is 4.91. The maximum atomic E-state index is 12.6. The van der Waals surface area contributed by atoms with E-state index in [9.17, 15) is 20.0 Å². The van der Waals surface area contributed by atoms with E-state index in [-0.39, 0.29) is 17.4 Å². The molecule has 1 atom stereocenters. The van der Waals surface area contributed by atoms with Crippen LogP contribution in [0.5, 0.6) is 0 Å². The molecule has 2 aliphatic heterocycles. The predicted molar refractivity (Wildman–Crippen MR) is 134 cm³/mol. The highest BCUT2D eigenvalue weighted by Gasteiger charge is 2.25. The number of nitrogens with one attached hydrogen (secondary N) is 2. The zero-order valence-corrected chi connectivity index (χ0v) is 19.9. The number of benzene rings is 1. The summed E-state index contributed by atoms with van der Waals surface area (Å²) in [6, 6.07) is 10.3. The normalized spacial score (nSPS) is 19.2. The molecule has 11 heteroatoms. The summed E-state index contributed by atoms with van der Waals surface area (Å²) in [4.78, 5) is 37.3. The van der Waals surface area contributed by atoms with Crippen LogP contribution >= 0.6 is 0 Å². The number of likely N-dealkylation sites (tertiary alicyclic amines) is 1. The summed E-state index contributed by atoms with van der Waals surface area (Å²) in [7, 11) is 0. The SMILES string of the molecule is N#CC1CCCN(c2nc(Nc3ccc(CN4CCC(C(=O)O)CC4)cc3)c3c(=O)[nH]ncc3n2)C1. The number of nitrogens with zero attached hydrogens (tertiary/aromatic N) is 6. The maximum Gasteiger partial charge on any atom is 0.306 e. The topological polar surface area (TPSA) is 151 Å². The van der Waals surface area contributed by atoms with E-state index in [0.29, 0.717) is 42.1 Å². The number of rotatable bonds is 6. The molecule has 2 aliphatic rings. The number of aromatic amines is 1. The number of carbonyl (C=O) groups is 1. The fourth-order valence-corrected chi connectivity index (χ4v) is 4.91. The first kappa shape index (κ1) is 23.7. The molecule has 0 saturated carbocycles. The van der Waals surface area contributed by atoms with Gasteiger partial charge in [-0.2, -0.15) is 15.3 Å². The molecule has 2 fully saturated rings. The van der Waals surface area contributed by atoms with Crippen LogP contribution in [0.2, 0.25) is 0 Å². The van der Waals surface area contributed by atoms with Gasteiger partial charge in [-0.3, -0.25) is 14.5 Å². The quantitative estimate of drug-likeness (QED) is 0.472. The van der Waals surface area contributed by atoms with E-state index in [1.807, 2.05) is 29.2 Å². The Morgan fingerprint density at radius 3 is 2.67 bits per heavy atom. The number of carboxylic acid groups (broad SMARTS) is 1. The molecule has 2 aromatic heterocycles. The van der Waals surface area contributed by atoms with Crippen molar-refractivity contribution in [1.29, 1.82) is 5.26 Å². The fraction of sp³-hybridized carbons (Fsp3) is 0.440. The van der Waals surface area contributed by atoms with Crippen LogP contribution in [0.3, 0.4) is 0 Å². The van der Waals surface area contributed by atoms with Gasteiger partial charge in [-0.05, 0) is 56.5 Å². The average molecular weight is 489 g/mol. The highest BCUT2D eigenvalue weighted by atomic mass is 16.4. The van der Waals surface area contributed by atoms with E-state index in [0.717, 1.165) is 50.3 Å². The molecule has 0 amide bonds. The molecule has 3 aromatic rings. The number of carboxylic acids is 1. The second kappa shape index (κ2) is 10.3. The Kier molecular flexibility index (Phi) is 6.77. The van der Waals surface area contributed by atoms with Crippen molar-refractivity contribution in [2.45, 2.75) is 32.2 Å². The summed E-state index contributed by atoms with van der Waals surface area (Å²) in [6.45, 7) is 3.60. The molecule has 4 heterocycles. The minimum atomic E-state index is -0.703. The molecular formula is C25H28N8O3. The van der Waals surface area contributed by atoms with Crippen LogP contribution in [0.1, 0.15) is 31.2 Å². The molecule has 5 rings (SSSR count). The van der Waals surface area contributed by atoms with Crippen LogP contribution < -0.4 is 15.8 Å². The summed E-state index contributed by atoms with van der Waals surface area (Å²) in [5, 5.41) is 28.5. The molecule has 11 nitrogen and oxygen atoms in total. The van der Waals surface area contributed by atoms with E-state index < -0.39 is 5.97 Å². The Balaban J connectivity index is 1.34. The lowest BCUT2D eigenvalue weighted by Crippen LogP contribution is -2.36. The molecule has 1 aromatic carbocycles. The number of nitriles is 1. The van der Waals surface area contributed by atoms with Crippen LogP contribution in [0.25, 0.3) is 10.9 Å². The summed E-state index contributed by atoms with van der Waals surface area (Å²) < 4.78 is 0. The molecule has 2 saturated heterocycles. The smallest absolute Gasteiger partial charge is 0.306 e. The zero-order valence-electron chi connectivity index (χ0n) is 19.9. The molecule has 36 heavy (non-hydrogen) atoms. The zero-order chi connectivity index (χ0) is 25.1. The number of anilines is 3. The first-order chi connectivity index (χ1) is 17.5. The lowest BCUT2D eigenvalue weighted by Gasteiger charge is -2.30. The van der Waals surface area contributed by atoms with Gasteiger partial charge in [0.1, 0.15) is 16.7 Å². The second-order valence-corrected chi connectivity index (χ2v) is 9.46. The largest absolute Gasteiger partial charge is 0.481 e. The van der Waals surface area contributed by atoms with Gasteiger partial charge in [0.2, 0.25) is 5.95 Å². The highest BCUT2D eigenvalue weighted by molar-refractivity contribution is 5.90. The highest BCUT2D eigenvalue weighted by Crippen LogP contribution is 2.27. The molecular weight excluding hydrogens is 460 g/mol. The van der Waals surface area contributed by atoms with Gasteiger partial charge >= 0.3 is 5.97 Å². The van der Waals surface area contributed by atoms with Crippen LogP contribution in [0.4, 0.5) is 17.5 Å². The van der Waals surface area contributed by atoms with E-state index in [2.05, 4.69) is 36.5 Å². The minimum Gasteiger partial charge on any atom is -0.481 e. The lowest BCUT2D eigenvalue weighted by atomic mass is 9.97. The van der Waals surface area contributed by atoms with Crippen molar-refractivity contribution in [1.82, 2.24) is 25.1 Å². The Bertz CT molecular complexity index is 1340. The molecule has 0 bridgehead atoms. The molecule has 0 aliphatic carbocycles. The predicted octanol–water partition coefficient (Wildman–Crippen LogP) is 2.49. The first-order valence-electron chi connectivity index (χ1n) is 12.2. The van der Waals surface area contributed by atoms with Crippen molar-refractivity contribution in [2.24, 2.45) is 11.8 Å². The number of fused-ring (bicyclic) bond motifs is 1. The van der Waals surface area contributed by atoms with Gasteiger partial charge < -0.3 is 15.3 Å². The number of H-pyrrole nitrogens is 1. The van der Waals surface area contributed by atoms with Crippen LogP contribution in [-0.2, 0) is 11.3 Å². The molecule has 1 unspecified atom stereocenters. The van der Waals surface area contributed by atoms with Crippen molar-refractivity contribution in [3.63, 3.8) is 0 Å². The Morgan fingerprint density at radius 2 is 1.94 bits per heavy atom. The van der Waals surface area contributed by atoms with E-state index in [4.69, 9.17) is 0 Å². The Labute approximate surface area is 207 Å². The third-order valence-corrected chi connectivity index (χ3v) is 6.95. The van der Waals surface area contributed by atoms with Crippen molar-refractivity contribution >= 4 is 34.3 Å². The molecule has 3 N–H and O–H groups in total. The number of hydrogen-bond acceptors (Lipinski definition) is 9. The van der Waals surface area contributed by atoms with E-state index in [1.165, 1.54) is 6.20 Å². The maximum absolute atomic E-state index is 12.6. The third kappa shape index (κ3) is 5.13. The van der Waals surface area contributed by atoms with E-state index >= 15 is 0 Å². The van der Waals surface area contributed by atoms with Gasteiger partial charge in [0.15, 0.2) is 0 Å². The minimum absolute atomic E-state index is 0.0748. The first-order valence-corrected chi connectivity index (χ1v) is 12.2. The number of piperidine rings is 2. The summed E-state index contributed by atoms with van der Waals surface area (Å²) in [5.74, 6) is -0.158. The molecule has 186 valence electrons. The second-order valence-electron chi connectivity index (χ2n) is 9.46. The van der Waals surface area contributed by atoms with Gasteiger partial charge in [-0.15, -0.1) is 0 Å². The molecule has 0 spiro atoms. The van der Waals surface area contributed by atoms with Gasteiger partial charge in [0.05, 0.1) is 24.1 Å². The van der Waals surface area contributed by atoms with Crippen molar-refractivity contribution < 1.29 is 9.90 Å². The summed E-state index contributed by atoms with van der Waals surface area (Å²) in [5.41, 5.74) is 1.96. The number of hydrogen-bond donors (Lipinski definition) is 3. The van der Waals surface area contributed by atoms with Crippen molar-refractivity contribution in [3.05, 3.63) is 46.4 Å². The van der Waals surface area contributed by atoms with Crippen molar-refractivity contribution in [3.8, 4) is 6.07 Å².